The third-order valence-corrected chi connectivity index (χ3v) is 7.20. The lowest BCUT2D eigenvalue weighted by atomic mass is 9.97. The van der Waals surface area contributed by atoms with Crippen molar-refractivity contribution >= 4 is 28.1 Å². The van der Waals surface area contributed by atoms with E-state index in [9.17, 15) is 4.79 Å². The van der Waals surface area contributed by atoms with Crippen LogP contribution < -0.4 is 5.73 Å². The summed E-state index contributed by atoms with van der Waals surface area (Å²) in [6, 6.07) is 9.64. The minimum atomic E-state index is -0.363. The quantitative estimate of drug-likeness (QED) is 0.747. The van der Waals surface area contributed by atoms with Crippen molar-refractivity contribution in [1.82, 2.24) is 14.5 Å². The zero-order chi connectivity index (χ0) is 18.5. The van der Waals surface area contributed by atoms with E-state index in [0.29, 0.717) is 23.7 Å². The van der Waals surface area contributed by atoms with Gasteiger partial charge < -0.3 is 10.3 Å². The Labute approximate surface area is 162 Å². The number of nitrogens with two attached hydrogens (primary N) is 1. The fourth-order valence-electron chi connectivity index (χ4n) is 4.98. The van der Waals surface area contributed by atoms with Gasteiger partial charge in [0, 0.05) is 46.5 Å². The van der Waals surface area contributed by atoms with Crippen LogP contribution in [0.25, 0.3) is 10.9 Å². The molecule has 4 heterocycles. The maximum Gasteiger partial charge on any atom is 0.248 e. The van der Waals surface area contributed by atoms with E-state index < -0.39 is 0 Å². The number of thiazole rings is 1. The van der Waals surface area contributed by atoms with Gasteiger partial charge in [-0.2, -0.15) is 0 Å². The van der Waals surface area contributed by atoms with Gasteiger partial charge in [0.25, 0.3) is 0 Å². The number of rotatable bonds is 4. The van der Waals surface area contributed by atoms with Gasteiger partial charge >= 0.3 is 0 Å². The number of benzene rings is 1. The first-order valence-corrected chi connectivity index (χ1v) is 10.5. The molecule has 0 spiro atoms. The molecule has 2 aromatic heterocycles. The molecular formula is C21H24N4OS. The van der Waals surface area contributed by atoms with E-state index in [-0.39, 0.29) is 5.91 Å². The summed E-state index contributed by atoms with van der Waals surface area (Å²) in [6.45, 7) is 3.05. The van der Waals surface area contributed by atoms with Crippen LogP contribution in [0.15, 0.2) is 35.8 Å². The first kappa shape index (κ1) is 17.0. The van der Waals surface area contributed by atoms with Crippen molar-refractivity contribution in [2.45, 2.75) is 57.3 Å². The summed E-state index contributed by atoms with van der Waals surface area (Å²) >= 11 is 1.78. The lowest BCUT2D eigenvalue weighted by Crippen LogP contribution is -2.42. The number of primary amides is 1. The third-order valence-electron chi connectivity index (χ3n) is 6.25. The van der Waals surface area contributed by atoms with Crippen LogP contribution in [0.5, 0.6) is 0 Å². The van der Waals surface area contributed by atoms with Crippen LogP contribution in [0.3, 0.4) is 0 Å². The van der Waals surface area contributed by atoms with Gasteiger partial charge in [-0.3, -0.25) is 9.69 Å². The normalized spacial score (nSPS) is 25.3. The van der Waals surface area contributed by atoms with Crippen LogP contribution in [0.4, 0.5) is 0 Å². The molecular weight excluding hydrogens is 356 g/mol. The summed E-state index contributed by atoms with van der Waals surface area (Å²) in [5.74, 6) is -0.363. The van der Waals surface area contributed by atoms with Gasteiger partial charge in [0.15, 0.2) is 0 Å². The van der Waals surface area contributed by atoms with Crippen molar-refractivity contribution in [3.05, 3.63) is 52.1 Å². The van der Waals surface area contributed by atoms with E-state index in [2.05, 4.69) is 39.0 Å². The zero-order valence-corrected chi connectivity index (χ0v) is 16.3. The Morgan fingerprint density at radius 1 is 1.22 bits per heavy atom. The van der Waals surface area contributed by atoms with E-state index >= 15 is 0 Å². The molecule has 5 rings (SSSR count). The second kappa shape index (κ2) is 6.46. The van der Waals surface area contributed by atoms with Gasteiger partial charge in [0.1, 0.15) is 5.01 Å². The highest BCUT2D eigenvalue weighted by Crippen LogP contribution is 2.42. The maximum absolute atomic E-state index is 11.6. The molecule has 1 aromatic carbocycles. The fourth-order valence-corrected chi connectivity index (χ4v) is 5.76. The molecule has 2 fully saturated rings. The van der Waals surface area contributed by atoms with Gasteiger partial charge in [0.05, 0.1) is 6.54 Å². The average Bonchev–Trinajstić information content (AvgIpc) is 3.31. The van der Waals surface area contributed by atoms with E-state index in [4.69, 9.17) is 5.73 Å². The summed E-state index contributed by atoms with van der Waals surface area (Å²) in [5, 5.41) is 4.56. The highest BCUT2D eigenvalue weighted by Gasteiger charge is 2.41. The summed E-state index contributed by atoms with van der Waals surface area (Å²) in [4.78, 5) is 18.9. The van der Waals surface area contributed by atoms with Crippen LogP contribution in [0, 0.1) is 6.92 Å². The van der Waals surface area contributed by atoms with Gasteiger partial charge in [0.2, 0.25) is 5.91 Å². The number of amides is 1. The summed E-state index contributed by atoms with van der Waals surface area (Å²) in [5.41, 5.74) is 8.33. The fraction of sp³-hybridized carbons (Fsp3) is 0.429. The number of nitrogens with zero attached hydrogens (tertiary/aromatic N) is 3. The molecule has 27 heavy (non-hydrogen) atoms. The zero-order valence-electron chi connectivity index (χ0n) is 15.5. The first-order valence-electron chi connectivity index (χ1n) is 9.65. The molecule has 2 saturated heterocycles. The van der Waals surface area contributed by atoms with Crippen LogP contribution in [0.2, 0.25) is 0 Å². The topological polar surface area (TPSA) is 64.2 Å². The maximum atomic E-state index is 11.6. The van der Waals surface area contributed by atoms with Crippen molar-refractivity contribution in [2.75, 3.05) is 0 Å². The Morgan fingerprint density at radius 3 is 2.67 bits per heavy atom. The molecule has 0 saturated carbocycles. The highest BCUT2D eigenvalue weighted by atomic mass is 32.1. The molecule has 2 aliphatic heterocycles. The van der Waals surface area contributed by atoms with Crippen molar-refractivity contribution in [3.8, 4) is 0 Å². The van der Waals surface area contributed by atoms with Gasteiger partial charge in [-0.25, -0.2) is 4.98 Å². The third kappa shape index (κ3) is 2.97. The molecule has 0 aliphatic carbocycles. The predicted octanol–water partition coefficient (Wildman–Crippen LogP) is 3.87. The average molecular weight is 381 g/mol. The molecule has 6 heteroatoms. The predicted molar refractivity (Wildman–Crippen MR) is 108 cm³/mol. The van der Waals surface area contributed by atoms with Crippen molar-refractivity contribution in [2.24, 2.45) is 5.73 Å². The second-order valence-electron chi connectivity index (χ2n) is 7.93. The van der Waals surface area contributed by atoms with E-state index in [1.165, 1.54) is 23.2 Å². The highest BCUT2D eigenvalue weighted by molar-refractivity contribution is 7.09. The Bertz CT molecular complexity index is 993. The van der Waals surface area contributed by atoms with Crippen molar-refractivity contribution < 1.29 is 4.79 Å². The van der Waals surface area contributed by atoms with Crippen LogP contribution >= 0.6 is 11.3 Å². The van der Waals surface area contributed by atoms with E-state index in [1.54, 1.807) is 11.3 Å². The number of hydrogen-bond acceptors (Lipinski definition) is 4. The molecule has 2 N–H and O–H groups in total. The van der Waals surface area contributed by atoms with Gasteiger partial charge in [-0.15, -0.1) is 11.3 Å². The lowest BCUT2D eigenvalue weighted by molar-refractivity contribution is 0.0996. The summed E-state index contributed by atoms with van der Waals surface area (Å²) in [6.07, 6.45) is 7.05. The molecule has 5 nitrogen and oxygen atoms in total. The second-order valence-corrected chi connectivity index (χ2v) is 8.87. The number of carbonyl (C=O) groups excluding carboxylic acids is 1. The number of fused-ring (bicyclic) bond motifs is 3. The summed E-state index contributed by atoms with van der Waals surface area (Å²) < 4.78 is 2.37. The molecule has 1 amide bonds. The molecule has 2 aliphatic rings. The molecule has 2 bridgehead atoms. The first-order chi connectivity index (χ1) is 13.1. The van der Waals surface area contributed by atoms with Crippen LogP contribution in [0.1, 0.15) is 52.8 Å². The minimum absolute atomic E-state index is 0.363. The van der Waals surface area contributed by atoms with Crippen molar-refractivity contribution in [1.29, 1.82) is 0 Å². The van der Waals surface area contributed by atoms with E-state index in [0.717, 1.165) is 30.6 Å². The molecule has 2 atom stereocenters. The number of hydrogen-bond donors (Lipinski definition) is 1. The largest absolute Gasteiger partial charge is 0.366 e. The molecule has 140 valence electrons. The Kier molecular flexibility index (Phi) is 4.06. The monoisotopic (exact) mass is 380 g/mol. The van der Waals surface area contributed by atoms with Gasteiger partial charge in [-0.05, 0) is 56.2 Å². The Hall–Kier alpha value is -2.18. The van der Waals surface area contributed by atoms with Crippen molar-refractivity contribution in [3.63, 3.8) is 0 Å². The number of piperidine rings is 1. The number of carbonyl (C=O) groups is 1. The van der Waals surface area contributed by atoms with E-state index in [1.807, 2.05) is 18.2 Å². The van der Waals surface area contributed by atoms with Crippen LogP contribution in [-0.2, 0) is 6.54 Å². The molecule has 0 radical (unpaired) electrons. The lowest BCUT2D eigenvalue weighted by Gasteiger charge is -2.39. The number of aryl methyl sites for hydroxylation is 1. The minimum Gasteiger partial charge on any atom is -0.366 e. The molecule has 3 aromatic rings. The SMILES string of the molecule is Cc1csc(CN2C3CCC2CC(n2ccc4ccc(C(N)=O)cc42)C3)n1. The Morgan fingerprint density at radius 2 is 2.00 bits per heavy atom. The molecule has 2 unspecified atom stereocenters. The van der Waals surface area contributed by atoms with Gasteiger partial charge in [-0.1, -0.05) is 6.07 Å². The number of aromatic nitrogens is 2. The summed E-state index contributed by atoms with van der Waals surface area (Å²) in [7, 11) is 0. The smallest absolute Gasteiger partial charge is 0.248 e. The van der Waals surface area contributed by atoms with Crippen LogP contribution in [-0.4, -0.2) is 32.4 Å². The Balaban J connectivity index is 1.40. The standard InChI is InChI=1S/C21H24N4OS/c1-13-12-27-20(23-13)11-25-16-4-5-17(25)10-18(9-16)24-7-6-14-2-3-15(21(22)26)8-19(14)24/h2-3,6-8,12,16-18H,4-5,9-11H2,1H3,(H2,22,26).